The molecule has 0 radical (unpaired) electrons. The summed E-state index contributed by atoms with van der Waals surface area (Å²) in [5.74, 6) is 1.13. The van der Waals surface area contributed by atoms with E-state index in [1.165, 1.54) is 0 Å². The zero-order valence-electron chi connectivity index (χ0n) is 8.52. The average Bonchev–Trinajstić information content (AvgIpc) is 1.79. The highest BCUT2D eigenvalue weighted by atomic mass is 16.3. The van der Waals surface area contributed by atoms with E-state index in [1.807, 2.05) is 0 Å². The van der Waals surface area contributed by atoms with Gasteiger partial charge in [-0.3, -0.25) is 0 Å². The van der Waals surface area contributed by atoms with Gasteiger partial charge in [0.25, 0.3) is 0 Å². The van der Waals surface area contributed by atoms with Crippen LogP contribution in [0, 0.1) is 17.3 Å². The van der Waals surface area contributed by atoms with Crippen LogP contribution in [0.25, 0.3) is 0 Å². The van der Waals surface area contributed by atoms with Crippen LogP contribution in [0.15, 0.2) is 0 Å². The monoisotopic (exact) mass is 158 g/mol. The summed E-state index contributed by atoms with van der Waals surface area (Å²) in [6, 6.07) is 0. The molecular formula is C10H22O. The first kappa shape index (κ1) is 11.0. The Balaban J connectivity index is 3.96. The number of rotatable bonds is 3. The Hall–Kier alpha value is -0.0400. The second kappa shape index (κ2) is 4.10. The normalized spacial score (nSPS) is 15.5. The van der Waals surface area contributed by atoms with Crippen molar-refractivity contribution in [2.24, 2.45) is 17.3 Å². The van der Waals surface area contributed by atoms with Crippen molar-refractivity contribution in [3.05, 3.63) is 0 Å². The van der Waals surface area contributed by atoms with Gasteiger partial charge < -0.3 is 5.11 Å². The Labute approximate surface area is 70.8 Å². The first-order valence-electron chi connectivity index (χ1n) is 4.48. The molecule has 1 heteroatoms. The molecule has 1 nitrogen and oxygen atoms in total. The molecule has 0 aromatic rings. The van der Waals surface area contributed by atoms with Crippen molar-refractivity contribution in [3.8, 4) is 0 Å². The van der Waals surface area contributed by atoms with E-state index < -0.39 is 0 Å². The van der Waals surface area contributed by atoms with Gasteiger partial charge in [0, 0.05) is 6.61 Å². The highest BCUT2D eigenvalue weighted by Crippen LogP contribution is 2.30. The molecule has 1 N–H and O–H groups in total. The summed E-state index contributed by atoms with van der Waals surface area (Å²) < 4.78 is 0. The van der Waals surface area contributed by atoms with Crippen molar-refractivity contribution in [3.63, 3.8) is 0 Å². The SMILES string of the molecule is CC(C)CC(CO)C(C)(C)C. The maximum Gasteiger partial charge on any atom is 0.0464 e. The fourth-order valence-electron chi connectivity index (χ4n) is 1.27. The molecular weight excluding hydrogens is 136 g/mol. The molecule has 1 unspecified atom stereocenters. The molecule has 11 heavy (non-hydrogen) atoms. The molecule has 68 valence electrons. The Morgan fingerprint density at radius 1 is 1.18 bits per heavy atom. The lowest BCUT2D eigenvalue weighted by Gasteiger charge is -2.30. The predicted molar refractivity (Wildman–Crippen MR) is 49.5 cm³/mol. The molecule has 0 amide bonds. The largest absolute Gasteiger partial charge is 0.396 e. The topological polar surface area (TPSA) is 20.2 Å². The van der Waals surface area contributed by atoms with Gasteiger partial charge in [0.1, 0.15) is 0 Å². The summed E-state index contributed by atoms with van der Waals surface area (Å²) in [5, 5.41) is 9.11. The van der Waals surface area contributed by atoms with Gasteiger partial charge in [0.05, 0.1) is 0 Å². The minimum Gasteiger partial charge on any atom is -0.396 e. The van der Waals surface area contributed by atoms with Gasteiger partial charge in [0.15, 0.2) is 0 Å². The maximum atomic E-state index is 9.11. The molecule has 0 saturated carbocycles. The van der Waals surface area contributed by atoms with Crippen molar-refractivity contribution in [1.82, 2.24) is 0 Å². The van der Waals surface area contributed by atoms with E-state index in [-0.39, 0.29) is 5.41 Å². The number of aliphatic hydroxyl groups is 1. The van der Waals surface area contributed by atoms with E-state index in [0.717, 1.165) is 6.42 Å². The molecule has 0 rings (SSSR count). The Kier molecular flexibility index (Phi) is 4.09. The fourth-order valence-corrected chi connectivity index (χ4v) is 1.27. The molecule has 0 spiro atoms. The first-order chi connectivity index (χ1) is 4.88. The highest BCUT2D eigenvalue weighted by Gasteiger charge is 2.24. The van der Waals surface area contributed by atoms with Crippen LogP contribution in [-0.2, 0) is 0 Å². The van der Waals surface area contributed by atoms with Gasteiger partial charge in [-0.25, -0.2) is 0 Å². The van der Waals surface area contributed by atoms with Crippen LogP contribution in [-0.4, -0.2) is 11.7 Å². The molecule has 0 heterocycles. The molecule has 0 aliphatic carbocycles. The molecule has 0 bridgehead atoms. The number of hydrogen-bond acceptors (Lipinski definition) is 1. The minimum atomic E-state index is 0.249. The van der Waals surface area contributed by atoms with Crippen LogP contribution in [0.4, 0.5) is 0 Å². The lowest BCUT2D eigenvalue weighted by atomic mass is 9.77. The van der Waals surface area contributed by atoms with Gasteiger partial charge in [-0.2, -0.15) is 0 Å². The van der Waals surface area contributed by atoms with E-state index >= 15 is 0 Å². The third-order valence-electron chi connectivity index (χ3n) is 2.20. The second-order valence-electron chi connectivity index (χ2n) is 4.88. The molecule has 0 aliphatic heterocycles. The third kappa shape index (κ3) is 4.41. The lowest BCUT2D eigenvalue weighted by molar-refractivity contribution is 0.111. The standard InChI is InChI=1S/C10H22O/c1-8(2)6-9(7-11)10(3,4)5/h8-9,11H,6-7H2,1-5H3. The number of aliphatic hydroxyl groups excluding tert-OH is 1. The lowest BCUT2D eigenvalue weighted by Crippen LogP contribution is -2.25. The van der Waals surface area contributed by atoms with E-state index in [4.69, 9.17) is 5.11 Å². The molecule has 1 atom stereocenters. The Bertz CT molecular complexity index is 99.9. The third-order valence-corrected chi connectivity index (χ3v) is 2.20. The highest BCUT2D eigenvalue weighted by molar-refractivity contribution is 4.73. The molecule has 0 saturated heterocycles. The summed E-state index contributed by atoms with van der Waals surface area (Å²) in [5.41, 5.74) is 0.249. The summed E-state index contributed by atoms with van der Waals surface area (Å²) in [6.07, 6.45) is 1.12. The van der Waals surface area contributed by atoms with Crippen molar-refractivity contribution in [1.29, 1.82) is 0 Å². The molecule has 0 aromatic heterocycles. The average molecular weight is 158 g/mol. The van der Waals surface area contributed by atoms with Gasteiger partial charge >= 0.3 is 0 Å². The van der Waals surface area contributed by atoms with E-state index in [1.54, 1.807) is 0 Å². The Morgan fingerprint density at radius 2 is 1.64 bits per heavy atom. The zero-order chi connectivity index (χ0) is 9.07. The number of hydrogen-bond donors (Lipinski definition) is 1. The van der Waals surface area contributed by atoms with E-state index in [0.29, 0.717) is 18.4 Å². The minimum absolute atomic E-state index is 0.249. The smallest absolute Gasteiger partial charge is 0.0464 e. The van der Waals surface area contributed by atoms with Gasteiger partial charge in [-0.15, -0.1) is 0 Å². The second-order valence-corrected chi connectivity index (χ2v) is 4.88. The summed E-state index contributed by atoms with van der Waals surface area (Å²) in [7, 11) is 0. The Morgan fingerprint density at radius 3 is 1.73 bits per heavy atom. The van der Waals surface area contributed by atoms with Crippen LogP contribution >= 0.6 is 0 Å². The van der Waals surface area contributed by atoms with Crippen LogP contribution < -0.4 is 0 Å². The van der Waals surface area contributed by atoms with E-state index in [9.17, 15) is 0 Å². The molecule has 0 aromatic carbocycles. The van der Waals surface area contributed by atoms with Crippen LogP contribution in [0.5, 0.6) is 0 Å². The first-order valence-corrected chi connectivity index (χ1v) is 4.48. The predicted octanol–water partition coefficient (Wildman–Crippen LogP) is 2.69. The maximum absolute atomic E-state index is 9.11. The van der Waals surface area contributed by atoms with Crippen molar-refractivity contribution < 1.29 is 5.11 Å². The van der Waals surface area contributed by atoms with E-state index in [2.05, 4.69) is 34.6 Å². The van der Waals surface area contributed by atoms with Crippen LogP contribution in [0.2, 0.25) is 0 Å². The fraction of sp³-hybridized carbons (Fsp3) is 1.00. The summed E-state index contributed by atoms with van der Waals surface area (Å²) in [6.45, 7) is 11.3. The van der Waals surface area contributed by atoms with Crippen LogP contribution in [0.3, 0.4) is 0 Å². The van der Waals surface area contributed by atoms with Crippen molar-refractivity contribution in [2.75, 3.05) is 6.61 Å². The van der Waals surface area contributed by atoms with Crippen molar-refractivity contribution >= 4 is 0 Å². The van der Waals surface area contributed by atoms with Crippen molar-refractivity contribution in [2.45, 2.75) is 41.0 Å². The summed E-state index contributed by atoms with van der Waals surface area (Å²) in [4.78, 5) is 0. The van der Waals surface area contributed by atoms with Gasteiger partial charge in [-0.05, 0) is 23.7 Å². The zero-order valence-corrected chi connectivity index (χ0v) is 8.52. The van der Waals surface area contributed by atoms with Gasteiger partial charge in [0.2, 0.25) is 0 Å². The van der Waals surface area contributed by atoms with Gasteiger partial charge in [-0.1, -0.05) is 34.6 Å². The summed E-state index contributed by atoms with van der Waals surface area (Å²) >= 11 is 0. The molecule has 0 fully saturated rings. The quantitative estimate of drug-likeness (QED) is 0.669. The molecule has 0 aliphatic rings. The van der Waals surface area contributed by atoms with Crippen LogP contribution in [0.1, 0.15) is 41.0 Å².